The number of allylic oxidation sites excluding steroid dienone is 1. The van der Waals surface area contributed by atoms with Crippen LogP contribution in [-0.4, -0.2) is 18.4 Å². The van der Waals surface area contributed by atoms with E-state index in [1.54, 1.807) is 15.8 Å². The van der Waals surface area contributed by atoms with E-state index in [0.717, 1.165) is 0 Å². The first-order chi connectivity index (χ1) is 9.66. The fourth-order valence-electron chi connectivity index (χ4n) is 2.93. The van der Waals surface area contributed by atoms with Crippen molar-refractivity contribution in [3.05, 3.63) is 8.57 Å². The van der Waals surface area contributed by atoms with E-state index in [1.807, 2.05) is 0 Å². The molecule has 0 saturated carbocycles. The van der Waals surface area contributed by atoms with E-state index in [-0.39, 0.29) is 0 Å². The zero-order valence-corrected chi connectivity index (χ0v) is 18.9. The van der Waals surface area contributed by atoms with Gasteiger partial charge in [0, 0.05) is 0 Å². The molecule has 0 atom stereocenters. The SMILES string of the molecule is CCCC/C=[C](/Br)[Sn]([CH2]CCC)([CH2]CCC)[CH2]CCC. The Labute approximate surface area is 141 Å². The summed E-state index contributed by atoms with van der Waals surface area (Å²) in [4.78, 5) is 0. The molecule has 0 aliphatic carbocycles. The van der Waals surface area contributed by atoms with Gasteiger partial charge >= 0.3 is 142 Å². The molecule has 0 radical (unpaired) electrons. The molecule has 0 spiro atoms. The van der Waals surface area contributed by atoms with Crippen molar-refractivity contribution in [2.45, 2.75) is 98.8 Å². The third-order valence-electron chi connectivity index (χ3n) is 4.41. The molecule has 0 aliphatic rings. The Morgan fingerprint density at radius 1 is 0.750 bits per heavy atom. The van der Waals surface area contributed by atoms with E-state index in [0.29, 0.717) is 0 Å². The molecule has 0 aromatic carbocycles. The second-order valence-corrected chi connectivity index (χ2v) is 22.4. The van der Waals surface area contributed by atoms with Crippen LogP contribution in [0.2, 0.25) is 13.3 Å². The van der Waals surface area contributed by atoms with Crippen LogP contribution < -0.4 is 0 Å². The first kappa shape index (κ1) is 21.0. The van der Waals surface area contributed by atoms with Gasteiger partial charge in [0.2, 0.25) is 0 Å². The third kappa shape index (κ3) is 8.46. The van der Waals surface area contributed by atoms with E-state index in [1.165, 1.54) is 57.8 Å². The van der Waals surface area contributed by atoms with Crippen LogP contribution in [0.25, 0.3) is 0 Å². The Morgan fingerprint density at radius 3 is 1.50 bits per heavy atom. The molecule has 2 heteroatoms. The zero-order chi connectivity index (χ0) is 15.3. The summed E-state index contributed by atoms with van der Waals surface area (Å²) in [6.45, 7) is 9.35. The first-order valence-corrected chi connectivity index (χ1v) is 17.3. The van der Waals surface area contributed by atoms with E-state index in [2.05, 4.69) is 49.7 Å². The molecule has 0 aromatic heterocycles. The summed E-state index contributed by atoms with van der Waals surface area (Å²) < 4.78 is 6.47. The summed E-state index contributed by atoms with van der Waals surface area (Å²) >= 11 is 1.99. The average molecular weight is 452 g/mol. The van der Waals surface area contributed by atoms with Crippen molar-refractivity contribution >= 4 is 34.3 Å². The average Bonchev–Trinajstić information content (AvgIpc) is 2.47. The minimum absolute atomic E-state index is 1.29. The topological polar surface area (TPSA) is 0 Å². The molecule has 0 rings (SSSR count). The Hall–Kier alpha value is 1.02. The second-order valence-electron chi connectivity index (χ2n) is 6.29. The molecule has 0 unspecified atom stereocenters. The van der Waals surface area contributed by atoms with Gasteiger partial charge < -0.3 is 0 Å². The van der Waals surface area contributed by atoms with Crippen molar-refractivity contribution in [1.82, 2.24) is 0 Å². The van der Waals surface area contributed by atoms with Gasteiger partial charge in [0.15, 0.2) is 0 Å². The predicted octanol–water partition coefficient (Wildman–Crippen LogP) is 7.84. The molecule has 20 heavy (non-hydrogen) atoms. The van der Waals surface area contributed by atoms with E-state index in [4.69, 9.17) is 0 Å². The molecule has 0 fully saturated rings. The quantitative estimate of drug-likeness (QED) is 0.197. The van der Waals surface area contributed by atoms with Crippen LogP contribution in [0.15, 0.2) is 8.57 Å². The van der Waals surface area contributed by atoms with Crippen molar-refractivity contribution in [1.29, 1.82) is 0 Å². The summed E-state index contributed by atoms with van der Waals surface area (Å²) in [7, 11) is 0. The Morgan fingerprint density at radius 2 is 1.15 bits per heavy atom. The molecule has 0 bridgehead atoms. The summed E-state index contributed by atoms with van der Waals surface area (Å²) in [5.74, 6) is 0. The van der Waals surface area contributed by atoms with Crippen LogP contribution in [0.1, 0.15) is 85.5 Å². The van der Waals surface area contributed by atoms with Crippen molar-refractivity contribution in [3.63, 3.8) is 0 Å². The number of hydrogen-bond donors (Lipinski definition) is 0. The van der Waals surface area contributed by atoms with Crippen LogP contribution in [-0.2, 0) is 0 Å². The van der Waals surface area contributed by atoms with Gasteiger partial charge in [-0.1, -0.05) is 0 Å². The van der Waals surface area contributed by atoms with Gasteiger partial charge in [-0.3, -0.25) is 0 Å². The van der Waals surface area contributed by atoms with E-state index >= 15 is 0 Å². The molecule has 0 nitrogen and oxygen atoms in total. The standard InChI is InChI=1S/C6H10Br.3C4H9.Sn/c1-2-3-4-5-6-7;3*1-3-4-2;/h5H,2-4H2,1H3;3*1,3-4H2,2H3;. The fourth-order valence-corrected chi connectivity index (χ4v) is 21.8. The van der Waals surface area contributed by atoms with Gasteiger partial charge in [0.1, 0.15) is 0 Å². The van der Waals surface area contributed by atoms with Crippen molar-refractivity contribution in [3.8, 4) is 0 Å². The van der Waals surface area contributed by atoms with Gasteiger partial charge in [0.05, 0.1) is 0 Å². The van der Waals surface area contributed by atoms with Gasteiger partial charge in [-0.25, -0.2) is 0 Å². The number of halogens is 1. The maximum absolute atomic E-state index is 4.08. The maximum atomic E-state index is 4.08. The van der Waals surface area contributed by atoms with Crippen LogP contribution >= 0.6 is 15.9 Å². The van der Waals surface area contributed by atoms with E-state index < -0.39 is 18.4 Å². The van der Waals surface area contributed by atoms with Crippen LogP contribution in [0.3, 0.4) is 0 Å². The molecular formula is C18H37BrSn. The first-order valence-electron chi connectivity index (χ1n) is 9.02. The van der Waals surface area contributed by atoms with Crippen molar-refractivity contribution in [2.75, 3.05) is 0 Å². The van der Waals surface area contributed by atoms with Gasteiger partial charge in [0.25, 0.3) is 0 Å². The molecule has 0 aliphatic heterocycles. The Kier molecular flexibility index (Phi) is 14.4. The van der Waals surface area contributed by atoms with Crippen molar-refractivity contribution in [2.24, 2.45) is 0 Å². The Bertz CT molecular complexity index is 226. The third-order valence-corrected chi connectivity index (χ3v) is 25.1. The minimum atomic E-state index is -2.09. The fraction of sp³-hybridized carbons (Fsp3) is 0.889. The monoisotopic (exact) mass is 452 g/mol. The molecule has 0 heterocycles. The Balaban J connectivity index is 4.94. The van der Waals surface area contributed by atoms with Crippen molar-refractivity contribution < 1.29 is 0 Å². The van der Waals surface area contributed by atoms with Gasteiger partial charge in [-0.2, -0.15) is 0 Å². The van der Waals surface area contributed by atoms with Crippen LogP contribution in [0, 0.1) is 0 Å². The molecule has 0 amide bonds. The summed E-state index contributed by atoms with van der Waals surface area (Å²) in [6.07, 6.45) is 15.0. The molecule has 0 N–H and O–H groups in total. The number of hydrogen-bond acceptors (Lipinski definition) is 0. The number of rotatable bonds is 13. The molecule has 120 valence electrons. The summed E-state index contributed by atoms with van der Waals surface area (Å²) in [6, 6.07) is 0. The van der Waals surface area contributed by atoms with Gasteiger partial charge in [-0.15, -0.1) is 0 Å². The van der Waals surface area contributed by atoms with Crippen LogP contribution in [0.5, 0.6) is 0 Å². The molecular weight excluding hydrogens is 415 g/mol. The van der Waals surface area contributed by atoms with E-state index in [9.17, 15) is 0 Å². The second kappa shape index (κ2) is 13.7. The summed E-state index contributed by atoms with van der Waals surface area (Å²) in [5.41, 5.74) is 0. The summed E-state index contributed by atoms with van der Waals surface area (Å²) in [5, 5.41) is 0. The van der Waals surface area contributed by atoms with Crippen LogP contribution in [0.4, 0.5) is 0 Å². The normalized spacial score (nSPS) is 12.9. The molecule has 0 aromatic rings. The predicted molar refractivity (Wildman–Crippen MR) is 101 cm³/mol. The van der Waals surface area contributed by atoms with Gasteiger partial charge in [-0.05, 0) is 0 Å². The molecule has 0 saturated heterocycles. The number of unbranched alkanes of at least 4 members (excludes halogenated alkanes) is 5. The zero-order valence-electron chi connectivity index (χ0n) is 14.4.